The third kappa shape index (κ3) is 2.85. The molecule has 0 atom stereocenters. The molecule has 1 fully saturated rings. The topological polar surface area (TPSA) is 78.9 Å². The molecule has 1 aromatic rings. The summed E-state index contributed by atoms with van der Waals surface area (Å²) in [7, 11) is 0. The molecule has 1 saturated carbocycles. The molecule has 3 N–H and O–H groups in total. The van der Waals surface area contributed by atoms with Crippen LogP contribution in [-0.2, 0) is 11.0 Å². The lowest BCUT2D eigenvalue weighted by atomic mass is 9.68. The monoisotopic (exact) mass is 297 g/mol. The first-order valence-electron chi connectivity index (χ1n) is 6.45. The molecule has 7 heteroatoms. The normalized spacial score (nSPS) is 16.7. The van der Waals surface area contributed by atoms with Gasteiger partial charge in [-0.2, -0.15) is 18.4 Å². The van der Waals surface area contributed by atoms with Crippen molar-refractivity contribution in [1.82, 2.24) is 0 Å². The van der Waals surface area contributed by atoms with Crippen molar-refractivity contribution in [2.24, 2.45) is 11.1 Å². The Balaban J connectivity index is 2.26. The van der Waals surface area contributed by atoms with Crippen LogP contribution in [0.5, 0.6) is 0 Å². The van der Waals surface area contributed by atoms with E-state index in [1.165, 1.54) is 12.1 Å². The van der Waals surface area contributed by atoms with Crippen molar-refractivity contribution in [2.75, 3.05) is 11.9 Å². The van der Waals surface area contributed by atoms with E-state index in [-0.39, 0.29) is 18.1 Å². The zero-order valence-corrected chi connectivity index (χ0v) is 11.1. The number of anilines is 1. The van der Waals surface area contributed by atoms with Gasteiger partial charge >= 0.3 is 6.18 Å². The number of nitrogens with one attached hydrogen (secondary N) is 1. The van der Waals surface area contributed by atoms with E-state index >= 15 is 0 Å². The van der Waals surface area contributed by atoms with Crippen molar-refractivity contribution < 1.29 is 18.0 Å². The van der Waals surface area contributed by atoms with Gasteiger partial charge in [0.25, 0.3) is 0 Å². The summed E-state index contributed by atoms with van der Waals surface area (Å²) in [6, 6.07) is 4.61. The molecule has 0 bridgehead atoms. The summed E-state index contributed by atoms with van der Waals surface area (Å²) < 4.78 is 38.5. The van der Waals surface area contributed by atoms with Crippen LogP contribution < -0.4 is 11.1 Å². The maximum absolute atomic E-state index is 12.8. The third-order valence-electron chi connectivity index (χ3n) is 3.89. The number of carbonyl (C=O) groups is 1. The second-order valence-corrected chi connectivity index (χ2v) is 5.16. The van der Waals surface area contributed by atoms with Gasteiger partial charge in [0, 0.05) is 12.2 Å². The van der Waals surface area contributed by atoms with Crippen LogP contribution in [0.25, 0.3) is 0 Å². The number of halogens is 3. The average molecular weight is 297 g/mol. The molecule has 1 aliphatic carbocycles. The van der Waals surface area contributed by atoms with Crippen LogP contribution in [0.2, 0.25) is 0 Å². The Kier molecular flexibility index (Phi) is 3.92. The largest absolute Gasteiger partial charge is 0.417 e. The van der Waals surface area contributed by atoms with Crippen LogP contribution in [0.1, 0.15) is 30.4 Å². The molecule has 1 aromatic carbocycles. The number of nitrogens with two attached hydrogens (primary N) is 1. The van der Waals surface area contributed by atoms with Gasteiger partial charge in [-0.3, -0.25) is 4.79 Å². The highest BCUT2D eigenvalue weighted by Gasteiger charge is 2.43. The molecular weight excluding hydrogens is 283 g/mol. The van der Waals surface area contributed by atoms with Crippen LogP contribution in [0, 0.1) is 16.7 Å². The van der Waals surface area contributed by atoms with Crippen LogP contribution in [0.4, 0.5) is 18.9 Å². The first kappa shape index (κ1) is 15.3. The number of hydrogen-bond donors (Lipinski definition) is 2. The molecule has 0 aliphatic heterocycles. The minimum Gasteiger partial charge on any atom is -0.329 e. The Morgan fingerprint density at radius 1 is 1.43 bits per heavy atom. The van der Waals surface area contributed by atoms with Crippen molar-refractivity contribution in [3.63, 3.8) is 0 Å². The van der Waals surface area contributed by atoms with E-state index < -0.39 is 22.7 Å². The van der Waals surface area contributed by atoms with Crippen molar-refractivity contribution in [3.8, 4) is 6.07 Å². The molecule has 0 radical (unpaired) electrons. The van der Waals surface area contributed by atoms with E-state index in [1.807, 2.05) is 0 Å². The summed E-state index contributed by atoms with van der Waals surface area (Å²) in [6.45, 7) is 0.168. The van der Waals surface area contributed by atoms with Crippen LogP contribution in [-0.4, -0.2) is 12.5 Å². The standard InChI is InChI=1S/C14H14F3N3O/c15-14(16,17)11-6-10(3-2-9(11)7-18)20-12(21)13(8-19)4-1-5-13/h2-3,6H,1,4-5,8,19H2,(H,20,21). The first-order valence-corrected chi connectivity index (χ1v) is 6.45. The minimum absolute atomic E-state index is 0.0195. The zero-order chi connectivity index (χ0) is 15.7. The maximum atomic E-state index is 12.8. The van der Waals surface area contributed by atoms with Gasteiger partial charge in [0.05, 0.1) is 22.6 Å². The lowest BCUT2D eigenvalue weighted by Crippen LogP contribution is -2.47. The molecule has 1 aliphatic rings. The van der Waals surface area contributed by atoms with Crippen LogP contribution in [0.3, 0.4) is 0 Å². The van der Waals surface area contributed by atoms with Crippen molar-refractivity contribution in [3.05, 3.63) is 29.3 Å². The van der Waals surface area contributed by atoms with Crippen molar-refractivity contribution in [2.45, 2.75) is 25.4 Å². The fraction of sp³-hybridized carbons (Fsp3) is 0.429. The SMILES string of the molecule is N#Cc1ccc(NC(=O)C2(CN)CCC2)cc1C(F)(F)F. The summed E-state index contributed by atoms with van der Waals surface area (Å²) in [5.74, 6) is -0.367. The fourth-order valence-electron chi connectivity index (χ4n) is 2.35. The van der Waals surface area contributed by atoms with Gasteiger partial charge in [-0.15, -0.1) is 0 Å². The Bertz CT molecular complexity index is 595. The average Bonchev–Trinajstić information content (AvgIpc) is 2.37. The van der Waals surface area contributed by atoms with Crippen LogP contribution in [0.15, 0.2) is 18.2 Å². The molecule has 0 spiro atoms. The van der Waals surface area contributed by atoms with Gasteiger partial charge in [-0.05, 0) is 31.0 Å². The highest BCUT2D eigenvalue weighted by molar-refractivity contribution is 5.96. The molecular formula is C14H14F3N3O. The fourth-order valence-corrected chi connectivity index (χ4v) is 2.35. The molecule has 0 aromatic heterocycles. The molecule has 2 rings (SSSR count). The number of amides is 1. The molecule has 0 unspecified atom stereocenters. The maximum Gasteiger partial charge on any atom is 0.417 e. The van der Waals surface area contributed by atoms with E-state index in [9.17, 15) is 18.0 Å². The van der Waals surface area contributed by atoms with Crippen LogP contribution >= 0.6 is 0 Å². The minimum atomic E-state index is -4.65. The smallest absolute Gasteiger partial charge is 0.329 e. The highest BCUT2D eigenvalue weighted by Crippen LogP contribution is 2.41. The summed E-state index contributed by atoms with van der Waals surface area (Å²) in [5, 5.41) is 11.2. The molecule has 0 heterocycles. The number of nitrogens with zero attached hydrogens (tertiary/aromatic N) is 1. The van der Waals surface area contributed by atoms with E-state index in [1.54, 1.807) is 0 Å². The molecule has 4 nitrogen and oxygen atoms in total. The highest BCUT2D eigenvalue weighted by atomic mass is 19.4. The van der Waals surface area contributed by atoms with E-state index in [0.717, 1.165) is 18.6 Å². The van der Waals surface area contributed by atoms with E-state index in [4.69, 9.17) is 11.0 Å². The summed E-state index contributed by atoms with van der Waals surface area (Å²) in [4.78, 5) is 12.1. The van der Waals surface area contributed by atoms with Gasteiger partial charge in [0.2, 0.25) is 5.91 Å². The quantitative estimate of drug-likeness (QED) is 0.900. The Labute approximate surface area is 119 Å². The van der Waals surface area contributed by atoms with Crippen molar-refractivity contribution >= 4 is 11.6 Å². The third-order valence-corrected chi connectivity index (χ3v) is 3.89. The Hall–Kier alpha value is -2.07. The number of carbonyl (C=O) groups excluding carboxylic acids is 1. The first-order chi connectivity index (χ1) is 9.82. The zero-order valence-electron chi connectivity index (χ0n) is 11.1. The molecule has 0 saturated heterocycles. The van der Waals surface area contributed by atoms with Crippen molar-refractivity contribution in [1.29, 1.82) is 5.26 Å². The second-order valence-electron chi connectivity index (χ2n) is 5.16. The lowest BCUT2D eigenvalue weighted by molar-refractivity contribution is -0.137. The predicted octanol–water partition coefficient (Wildman–Crippen LogP) is 2.64. The van der Waals surface area contributed by atoms with Gasteiger partial charge in [0.15, 0.2) is 0 Å². The van der Waals surface area contributed by atoms with Gasteiger partial charge in [-0.25, -0.2) is 0 Å². The summed E-state index contributed by atoms with van der Waals surface area (Å²) >= 11 is 0. The van der Waals surface area contributed by atoms with E-state index in [0.29, 0.717) is 12.8 Å². The lowest BCUT2D eigenvalue weighted by Gasteiger charge is -2.39. The van der Waals surface area contributed by atoms with Gasteiger partial charge in [-0.1, -0.05) is 6.42 Å². The molecule has 1 amide bonds. The number of nitriles is 1. The Morgan fingerprint density at radius 2 is 2.10 bits per heavy atom. The van der Waals surface area contributed by atoms with Gasteiger partial charge in [0.1, 0.15) is 0 Å². The van der Waals surface area contributed by atoms with E-state index in [2.05, 4.69) is 5.32 Å². The summed E-state index contributed by atoms with van der Waals surface area (Å²) in [5.41, 5.74) is 3.40. The predicted molar refractivity (Wildman–Crippen MR) is 70.1 cm³/mol. The number of hydrogen-bond acceptors (Lipinski definition) is 3. The molecule has 21 heavy (non-hydrogen) atoms. The Morgan fingerprint density at radius 3 is 2.52 bits per heavy atom. The number of rotatable bonds is 3. The number of benzene rings is 1. The van der Waals surface area contributed by atoms with Gasteiger partial charge < -0.3 is 11.1 Å². The second kappa shape index (κ2) is 5.37. The molecule has 112 valence electrons. The number of alkyl halides is 3. The summed E-state index contributed by atoms with van der Waals surface area (Å²) in [6.07, 6.45) is -2.49.